The van der Waals surface area contributed by atoms with E-state index >= 15 is 0 Å². The lowest BCUT2D eigenvalue weighted by atomic mass is 10.1. The number of fused-ring (bicyclic) bond motifs is 1. The molecule has 0 aliphatic heterocycles. The smallest absolute Gasteiger partial charge is 0.269 e. The summed E-state index contributed by atoms with van der Waals surface area (Å²) in [4.78, 5) is 13.4. The highest BCUT2D eigenvalue weighted by Gasteiger charge is 2.18. The minimum absolute atomic E-state index is 0.261. The Kier molecular flexibility index (Phi) is 4.85. The molecule has 4 rings (SSSR count). The molecule has 7 heteroatoms. The monoisotopic (exact) mass is 382 g/mol. The first kappa shape index (κ1) is 17.6. The van der Waals surface area contributed by atoms with E-state index in [0.717, 1.165) is 21.5 Å². The molecule has 27 heavy (non-hydrogen) atoms. The molecule has 0 aliphatic carbocycles. The lowest BCUT2D eigenvalue weighted by Crippen LogP contribution is -2.04. The Morgan fingerprint density at radius 3 is 2.48 bits per heavy atom. The van der Waals surface area contributed by atoms with Gasteiger partial charge in [0.1, 0.15) is 5.82 Å². The average Bonchev–Trinajstić information content (AvgIpc) is 3.05. The van der Waals surface area contributed by atoms with Crippen LogP contribution in [-0.2, 0) is 5.75 Å². The largest absolute Gasteiger partial charge is 0.320 e. The zero-order chi connectivity index (χ0) is 18.8. The second-order valence-electron chi connectivity index (χ2n) is 6.00. The van der Waals surface area contributed by atoms with Crippen molar-refractivity contribution in [3.05, 3.63) is 72.2 Å². The summed E-state index contributed by atoms with van der Waals surface area (Å²) < 4.78 is 28.1. The molecule has 0 spiro atoms. The third-order valence-corrected chi connectivity index (χ3v) is 4.94. The Balaban J connectivity index is 1.64. The van der Waals surface area contributed by atoms with Crippen molar-refractivity contribution in [1.82, 2.24) is 19.5 Å². The van der Waals surface area contributed by atoms with Gasteiger partial charge in [-0.25, -0.2) is 15.0 Å². The summed E-state index contributed by atoms with van der Waals surface area (Å²) in [5.74, 6) is 0.569. The van der Waals surface area contributed by atoms with Gasteiger partial charge in [0.15, 0.2) is 5.16 Å². The Morgan fingerprint density at radius 2 is 1.70 bits per heavy atom. The Bertz CT molecular complexity index is 1080. The van der Waals surface area contributed by atoms with Gasteiger partial charge in [-0.1, -0.05) is 54.2 Å². The summed E-state index contributed by atoms with van der Waals surface area (Å²) in [5, 5.41) is 0.543. The minimum atomic E-state index is -2.65. The molecule has 2 heterocycles. The molecule has 0 saturated heterocycles. The first-order valence-electron chi connectivity index (χ1n) is 8.40. The van der Waals surface area contributed by atoms with Crippen molar-refractivity contribution in [2.75, 3.05) is 0 Å². The van der Waals surface area contributed by atoms with E-state index in [9.17, 15) is 8.78 Å². The fourth-order valence-electron chi connectivity index (χ4n) is 2.91. The number of aromatic nitrogens is 4. The van der Waals surface area contributed by atoms with Crippen molar-refractivity contribution in [3.63, 3.8) is 0 Å². The van der Waals surface area contributed by atoms with E-state index in [2.05, 4.69) is 15.0 Å². The summed E-state index contributed by atoms with van der Waals surface area (Å²) in [6.07, 6.45) is 0. The molecule has 0 fully saturated rings. The standard InChI is InChI=1S/C20H16F2N4S/c1-13-11-16(14-7-3-2-4-8-14)25-20(23-13)27-12-18-24-15-9-5-6-10-17(15)26(18)19(21)22/h2-11,19H,12H2,1H3. The molecule has 4 aromatic rings. The van der Waals surface area contributed by atoms with E-state index in [1.165, 1.54) is 11.8 Å². The fraction of sp³-hybridized carbons (Fsp3) is 0.150. The first-order valence-corrected chi connectivity index (χ1v) is 9.38. The van der Waals surface area contributed by atoms with Crippen LogP contribution in [0.1, 0.15) is 18.1 Å². The van der Waals surface area contributed by atoms with Gasteiger partial charge in [-0.05, 0) is 25.1 Å². The van der Waals surface area contributed by atoms with Crippen LogP contribution in [0.5, 0.6) is 0 Å². The number of hydrogen-bond acceptors (Lipinski definition) is 4. The van der Waals surface area contributed by atoms with Crippen molar-refractivity contribution in [3.8, 4) is 11.3 Å². The number of nitrogens with zero attached hydrogens (tertiary/aromatic N) is 4. The van der Waals surface area contributed by atoms with Crippen molar-refractivity contribution >= 4 is 22.8 Å². The maximum absolute atomic E-state index is 13.5. The predicted octanol–water partition coefficient (Wildman–Crippen LogP) is 5.49. The molecule has 0 atom stereocenters. The Morgan fingerprint density at radius 1 is 0.963 bits per heavy atom. The molecule has 0 N–H and O–H groups in total. The Labute approximate surface area is 159 Å². The van der Waals surface area contributed by atoms with Crippen LogP contribution in [-0.4, -0.2) is 19.5 Å². The molecule has 0 radical (unpaired) electrons. The normalized spacial score (nSPS) is 11.4. The van der Waals surface area contributed by atoms with Gasteiger partial charge < -0.3 is 0 Å². The van der Waals surface area contributed by atoms with Crippen molar-refractivity contribution in [2.24, 2.45) is 0 Å². The second-order valence-corrected chi connectivity index (χ2v) is 6.94. The predicted molar refractivity (Wildman–Crippen MR) is 103 cm³/mol. The maximum Gasteiger partial charge on any atom is 0.320 e. The number of para-hydroxylation sites is 2. The summed E-state index contributed by atoms with van der Waals surface area (Å²) in [5.41, 5.74) is 3.62. The van der Waals surface area contributed by atoms with E-state index in [-0.39, 0.29) is 5.75 Å². The molecule has 0 saturated carbocycles. The first-order chi connectivity index (χ1) is 13.1. The number of benzene rings is 2. The zero-order valence-electron chi connectivity index (χ0n) is 14.5. The molecule has 136 valence electrons. The van der Waals surface area contributed by atoms with Gasteiger partial charge in [0.2, 0.25) is 0 Å². The number of alkyl halides is 2. The SMILES string of the molecule is Cc1cc(-c2ccccc2)nc(SCc2nc3ccccc3n2C(F)F)n1. The van der Waals surface area contributed by atoms with Gasteiger partial charge in [0.25, 0.3) is 0 Å². The maximum atomic E-state index is 13.5. The fourth-order valence-corrected chi connectivity index (χ4v) is 3.74. The van der Waals surface area contributed by atoms with Crippen molar-refractivity contribution < 1.29 is 8.78 Å². The molecule has 0 aliphatic rings. The van der Waals surface area contributed by atoms with Gasteiger partial charge in [-0.2, -0.15) is 8.78 Å². The van der Waals surface area contributed by atoms with Crippen LogP contribution in [0.15, 0.2) is 65.8 Å². The van der Waals surface area contributed by atoms with E-state index < -0.39 is 6.55 Å². The van der Waals surface area contributed by atoms with Crippen LogP contribution in [0.4, 0.5) is 8.78 Å². The number of imidazole rings is 1. The highest BCUT2D eigenvalue weighted by molar-refractivity contribution is 7.98. The molecule has 0 bridgehead atoms. The van der Waals surface area contributed by atoms with Crippen LogP contribution >= 0.6 is 11.8 Å². The third kappa shape index (κ3) is 3.68. The quantitative estimate of drug-likeness (QED) is 0.338. The summed E-state index contributed by atoms with van der Waals surface area (Å²) in [7, 11) is 0. The van der Waals surface area contributed by atoms with Crippen LogP contribution in [0.2, 0.25) is 0 Å². The Hall–Kier alpha value is -2.80. The van der Waals surface area contributed by atoms with Gasteiger partial charge in [0.05, 0.1) is 22.5 Å². The topological polar surface area (TPSA) is 43.6 Å². The molecular formula is C20H16F2N4S. The lowest BCUT2D eigenvalue weighted by Gasteiger charge is -2.08. The lowest BCUT2D eigenvalue weighted by molar-refractivity contribution is 0.0722. The summed E-state index contributed by atoms with van der Waals surface area (Å²) >= 11 is 1.30. The van der Waals surface area contributed by atoms with Gasteiger partial charge in [0, 0.05) is 11.3 Å². The molecule has 0 amide bonds. The van der Waals surface area contributed by atoms with Crippen LogP contribution in [0.25, 0.3) is 22.3 Å². The van der Waals surface area contributed by atoms with Crippen LogP contribution < -0.4 is 0 Å². The average molecular weight is 382 g/mol. The van der Waals surface area contributed by atoms with Gasteiger partial charge in [-0.15, -0.1) is 0 Å². The molecule has 2 aromatic heterocycles. The molecular weight excluding hydrogens is 366 g/mol. The molecule has 0 unspecified atom stereocenters. The second kappa shape index (κ2) is 7.44. The number of thioether (sulfide) groups is 1. The number of halogens is 2. The van der Waals surface area contributed by atoms with E-state index in [1.807, 2.05) is 43.3 Å². The van der Waals surface area contributed by atoms with Gasteiger partial charge in [-0.3, -0.25) is 4.57 Å². The summed E-state index contributed by atoms with van der Waals surface area (Å²) in [6.45, 7) is -0.752. The number of aryl methyl sites for hydroxylation is 1. The van der Waals surface area contributed by atoms with E-state index in [4.69, 9.17) is 0 Å². The number of hydrogen-bond donors (Lipinski definition) is 0. The molecule has 2 aromatic carbocycles. The third-order valence-electron chi connectivity index (χ3n) is 4.10. The molecule has 4 nitrogen and oxygen atoms in total. The van der Waals surface area contributed by atoms with Crippen molar-refractivity contribution in [2.45, 2.75) is 24.4 Å². The van der Waals surface area contributed by atoms with Crippen molar-refractivity contribution in [1.29, 1.82) is 0 Å². The highest BCUT2D eigenvalue weighted by atomic mass is 32.2. The number of rotatable bonds is 5. The van der Waals surface area contributed by atoms with E-state index in [0.29, 0.717) is 22.0 Å². The zero-order valence-corrected chi connectivity index (χ0v) is 15.3. The van der Waals surface area contributed by atoms with E-state index in [1.54, 1.807) is 24.3 Å². The minimum Gasteiger partial charge on any atom is -0.269 e. The summed E-state index contributed by atoms with van der Waals surface area (Å²) in [6, 6.07) is 18.6. The van der Waals surface area contributed by atoms with Crippen LogP contribution in [0, 0.1) is 6.92 Å². The highest BCUT2D eigenvalue weighted by Crippen LogP contribution is 2.28. The van der Waals surface area contributed by atoms with Crippen LogP contribution in [0.3, 0.4) is 0 Å². The van der Waals surface area contributed by atoms with Gasteiger partial charge >= 0.3 is 6.55 Å².